The lowest BCUT2D eigenvalue weighted by Crippen LogP contribution is -2.30. The number of aryl methyl sites for hydroxylation is 2. The molecule has 0 aliphatic carbocycles. The Labute approximate surface area is 357 Å². The number of aromatic nitrogens is 1. The van der Waals surface area contributed by atoms with Gasteiger partial charge in [0, 0.05) is 22.8 Å². The van der Waals surface area contributed by atoms with Crippen molar-refractivity contribution in [2.45, 2.75) is 105 Å². The maximum Gasteiger partial charge on any atom is 0.280 e. The van der Waals surface area contributed by atoms with E-state index in [4.69, 9.17) is 0 Å². The largest absolute Gasteiger partial charge is 0.494 e. The lowest BCUT2D eigenvalue weighted by Gasteiger charge is -2.24. The Kier molecular flexibility index (Phi) is 13.8. The van der Waals surface area contributed by atoms with E-state index in [1.54, 1.807) is 34.0 Å². The van der Waals surface area contributed by atoms with Crippen LogP contribution in [0.1, 0.15) is 131 Å². The van der Waals surface area contributed by atoms with Crippen LogP contribution in [0.5, 0.6) is 5.88 Å². The molecule has 3 aliphatic heterocycles. The number of carbonyl (C=O) groups excluding carboxylic acids is 3. The molecular weight excluding hydrogens is 801 g/mol. The third-order valence-electron chi connectivity index (χ3n) is 10.8. The molecule has 304 valence electrons. The molecule has 0 fully saturated rings. The van der Waals surface area contributed by atoms with E-state index in [9.17, 15) is 19.5 Å². The highest BCUT2D eigenvalue weighted by Crippen LogP contribution is 2.48. The maximum absolute atomic E-state index is 14.0. The van der Waals surface area contributed by atoms with Gasteiger partial charge in [0.05, 0.1) is 64.6 Å². The molecule has 5 aromatic heterocycles. The fraction of sp³-hybridized carbons (Fsp3) is 0.391. The molecule has 8 heterocycles. The summed E-state index contributed by atoms with van der Waals surface area (Å²) >= 11 is 6.37. The quantitative estimate of drug-likeness (QED) is 0.0856. The molecule has 0 saturated heterocycles. The first kappa shape index (κ1) is 41.8. The minimum Gasteiger partial charge on any atom is -0.494 e. The van der Waals surface area contributed by atoms with Crippen LogP contribution in [-0.4, -0.2) is 56.4 Å². The summed E-state index contributed by atoms with van der Waals surface area (Å²) in [5.41, 5.74) is 5.14. The van der Waals surface area contributed by atoms with Gasteiger partial charge in [0.2, 0.25) is 0 Å². The summed E-state index contributed by atoms with van der Waals surface area (Å²) in [6.07, 6.45) is 14.1. The van der Waals surface area contributed by atoms with Gasteiger partial charge in [0.25, 0.3) is 17.7 Å². The van der Waals surface area contributed by atoms with Crippen molar-refractivity contribution in [2.75, 3.05) is 13.1 Å². The molecule has 58 heavy (non-hydrogen) atoms. The molecule has 0 radical (unpaired) electrons. The predicted molar refractivity (Wildman–Crippen MR) is 242 cm³/mol. The Morgan fingerprint density at radius 1 is 0.603 bits per heavy atom. The Morgan fingerprint density at radius 3 is 1.60 bits per heavy atom. The van der Waals surface area contributed by atoms with E-state index in [-0.39, 0.29) is 23.6 Å². The monoisotopic (exact) mass is 852 g/mol. The number of unbranched alkanes of at least 4 members (excludes halogenated alkanes) is 10. The van der Waals surface area contributed by atoms with Crippen LogP contribution in [0.3, 0.4) is 0 Å². The zero-order chi connectivity index (χ0) is 40.8. The van der Waals surface area contributed by atoms with E-state index >= 15 is 0 Å². The summed E-state index contributed by atoms with van der Waals surface area (Å²) in [5, 5.41) is 14.2. The fourth-order valence-electron chi connectivity index (χ4n) is 7.90. The number of H-pyrrole nitrogens is 1. The highest BCUT2D eigenvalue weighted by Gasteiger charge is 2.49. The highest BCUT2D eigenvalue weighted by atomic mass is 32.1. The van der Waals surface area contributed by atoms with Crippen molar-refractivity contribution in [3.8, 4) is 16.5 Å². The number of aromatic hydroxyl groups is 1. The van der Waals surface area contributed by atoms with Gasteiger partial charge >= 0.3 is 0 Å². The van der Waals surface area contributed by atoms with Crippen molar-refractivity contribution in [2.24, 2.45) is 4.99 Å². The van der Waals surface area contributed by atoms with E-state index in [0.717, 1.165) is 61.5 Å². The Bertz CT molecular complexity index is 2340. The second-order valence-corrected chi connectivity index (χ2v) is 19.5. The normalized spacial score (nSPS) is 14.9. The minimum absolute atomic E-state index is 0.00375. The maximum atomic E-state index is 14.0. The van der Waals surface area contributed by atoms with Crippen molar-refractivity contribution >= 4 is 80.2 Å². The SMILES string of the molecule is CCCCCCCCN1C(=O)C2=C(c3ccc(C)s3)N(CCCCCCCC)C(=O)C2=C1c1cccs1.Cc1ccc(-c2[nH]c(O)c3c2C(=O)N=C3c2cccs2)s1. The highest BCUT2D eigenvalue weighted by molar-refractivity contribution is 7.15. The van der Waals surface area contributed by atoms with Crippen LogP contribution in [0.15, 0.2) is 75.4 Å². The van der Waals surface area contributed by atoms with E-state index in [2.05, 4.69) is 48.9 Å². The third-order valence-corrected chi connectivity index (χ3v) is 14.5. The smallest absolute Gasteiger partial charge is 0.280 e. The van der Waals surface area contributed by atoms with Gasteiger partial charge in [0.15, 0.2) is 5.88 Å². The summed E-state index contributed by atoms with van der Waals surface area (Å²) in [6, 6.07) is 16.0. The summed E-state index contributed by atoms with van der Waals surface area (Å²) in [7, 11) is 0. The van der Waals surface area contributed by atoms with E-state index in [1.165, 1.54) is 67.6 Å². The second kappa shape index (κ2) is 19.1. The van der Waals surface area contributed by atoms with E-state index in [0.29, 0.717) is 46.8 Å². The van der Waals surface area contributed by atoms with Crippen molar-refractivity contribution in [3.63, 3.8) is 0 Å². The van der Waals surface area contributed by atoms with Gasteiger partial charge in [-0.3, -0.25) is 14.4 Å². The molecule has 0 bridgehead atoms. The number of thiophene rings is 4. The minimum atomic E-state index is -0.300. The third kappa shape index (κ3) is 8.66. The van der Waals surface area contributed by atoms with Crippen LogP contribution in [-0.2, 0) is 9.59 Å². The van der Waals surface area contributed by atoms with Gasteiger partial charge in [0.1, 0.15) is 0 Å². The predicted octanol–water partition coefficient (Wildman–Crippen LogP) is 12.5. The number of nitrogens with zero attached hydrogens (tertiary/aromatic N) is 3. The van der Waals surface area contributed by atoms with Crippen LogP contribution in [0.25, 0.3) is 22.0 Å². The lowest BCUT2D eigenvalue weighted by atomic mass is 10.1. The number of aromatic amines is 1. The van der Waals surface area contributed by atoms with Gasteiger partial charge in [-0.1, -0.05) is 90.2 Å². The number of carbonyl (C=O) groups is 3. The van der Waals surface area contributed by atoms with E-state index < -0.39 is 0 Å². The zero-order valence-electron chi connectivity index (χ0n) is 33.8. The van der Waals surface area contributed by atoms with Gasteiger partial charge < -0.3 is 19.9 Å². The number of hydrogen-bond donors (Lipinski definition) is 2. The van der Waals surface area contributed by atoms with Crippen LogP contribution >= 0.6 is 45.3 Å². The molecule has 3 amide bonds. The van der Waals surface area contributed by atoms with Crippen molar-refractivity contribution in [1.82, 2.24) is 14.8 Å². The number of nitrogens with one attached hydrogen (secondary N) is 1. The van der Waals surface area contributed by atoms with Crippen molar-refractivity contribution in [1.29, 1.82) is 0 Å². The van der Waals surface area contributed by atoms with Gasteiger partial charge in [-0.15, -0.1) is 45.3 Å². The van der Waals surface area contributed by atoms with Crippen LogP contribution in [0.4, 0.5) is 0 Å². The summed E-state index contributed by atoms with van der Waals surface area (Å²) in [4.78, 5) is 57.5. The first-order valence-corrected chi connectivity index (χ1v) is 24.0. The molecule has 3 aliphatic rings. The lowest BCUT2D eigenvalue weighted by molar-refractivity contribution is -0.124. The second-order valence-electron chi connectivity index (χ2n) is 15.0. The zero-order valence-corrected chi connectivity index (χ0v) is 37.1. The molecule has 0 atom stereocenters. The molecule has 0 spiro atoms. The number of hydrogen-bond acceptors (Lipinski definition) is 8. The Balaban J connectivity index is 0.000000204. The molecule has 0 aromatic carbocycles. The molecule has 8 nitrogen and oxygen atoms in total. The van der Waals surface area contributed by atoms with Gasteiger partial charge in [-0.2, -0.15) is 0 Å². The first-order valence-electron chi connectivity index (χ1n) is 20.7. The number of rotatable bonds is 18. The molecule has 0 saturated carbocycles. The number of fused-ring (bicyclic) bond motifs is 2. The van der Waals surface area contributed by atoms with Crippen LogP contribution in [0, 0.1) is 13.8 Å². The summed E-state index contributed by atoms with van der Waals surface area (Å²) < 4.78 is 0. The molecule has 2 N–H and O–H groups in total. The summed E-state index contributed by atoms with van der Waals surface area (Å²) in [6.45, 7) is 9.90. The average Bonchev–Trinajstić information content (AvgIpc) is 4.07. The number of aliphatic imine (C=N–C) groups is 1. The average molecular weight is 853 g/mol. The molecule has 5 aromatic rings. The Morgan fingerprint density at radius 2 is 1.10 bits per heavy atom. The topological polar surface area (TPSA) is 106 Å². The standard InChI is InChI=1S/C31H42N2O2S2.C15H10N2O2S2/c1-4-6-8-10-12-14-20-32-28(24-17-16-22-36-24)26-27(31(32)35)29(25-19-18-23(3)37-25)33(30(26)34)21-15-13-11-9-7-5-2;1-7-4-5-9(21-7)13-11-10(14(18)17-13)12(16-15(11)19)8-3-2-6-20-8/h16-19,22H,4-15,20-21H2,1-3H3;2-6,17-18H,1H3. The molecular formula is C46H52N4O4S4. The molecule has 8 rings (SSSR count). The first-order chi connectivity index (χ1) is 28.2. The Hall–Kier alpha value is -4.36. The number of amides is 3. The molecule has 0 unspecified atom stereocenters. The van der Waals surface area contributed by atoms with Crippen molar-refractivity contribution in [3.05, 3.63) is 106 Å². The van der Waals surface area contributed by atoms with Crippen molar-refractivity contribution < 1.29 is 19.5 Å². The van der Waals surface area contributed by atoms with Gasteiger partial charge in [-0.05, 0) is 73.8 Å². The molecule has 12 heteroatoms. The fourth-order valence-corrected chi connectivity index (χ4v) is 11.2. The van der Waals surface area contributed by atoms with Crippen LogP contribution in [0.2, 0.25) is 0 Å². The van der Waals surface area contributed by atoms with Crippen LogP contribution < -0.4 is 0 Å². The van der Waals surface area contributed by atoms with E-state index in [1.807, 2.05) is 57.8 Å². The van der Waals surface area contributed by atoms with Gasteiger partial charge in [-0.25, -0.2) is 4.99 Å². The summed E-state index contributed by atoms with van der Waals surface area (Å²) in [5.74, 6) is -0.284.